The zero-order valence-corrected chi connectivity index (χ0v) is 25.1. The second kappa shape index (κ2) is 13.5. The number of terminal acetylenes is 1. The Morgan fingerprint density at radius 2 is 1.44 bits per heavy atom. The topological polar surface area (TPSA) is 135 Å². The van der Waals surface area contributed by atoms with E-state index in [0.29, 0.717) is 11.5 Å². The van der Waals surface area contributed by atoms with Gasteiger partial charge in [0.1, 0.15) is 29.4 Å². The average molecular weight is 614 g/mol. The van der Waals surface area contributed by atoms with Gasteiger partial charge in [-0.1, -0.05) is 60.5 Å². The monoisotopic (exact) mass is 613 g/mol. The van der Waals surface area contributed by atoms with Crippen LogP contribution in [0.1, 0.15) is 28.5 Å². The molecule has 45 heavy (non-hydrogen) atoms. The molecule has 1 fully saturated rings. The summed E-state index contributed by atoms with van der Waals surface area (Å²) in [4.78, 5) is 28.3. The Morgan fingerprint density at radius 3 is 1.98 bits per heavy atom. The molecule has 2 unspecified atom stereocenters. The van der Waals surface area contributed by atoms with E-state index in [1.807, 2.05) is 78.9 Å². The van der Waals surface area contributed by atoms with Gasteiger partial charge in [-0.25, -0.2) is 9.69 Å². The normalized spacial score (nSPS) is 20.4. The Bertz CT molecular complexity index is 1700. The highest BCUT2D eigenvalue weighted by Gasteiger charge is 2.46. The smallest absolute Gasteiger partial charge is 0.330 e. The van der Waals surface area contributed by atoms with E-state index in [4.69, 9.17) is 25.4 Å². The predicted molar refractivity (Wildman–Crippen MR) is 166 cm³/mol. The minimum atomic E-state index is -1.52. The van der Waals surface area contributed by atoms with Crippen LogP contribution in [0.2, 0.25) is 0 Å². The number of aliphatic hydroxyl groups is 2. The van der Waals surface area contributed by atoms with Crippen LogP contribution >= 0.6 is 0 Å². The quantitative estimate of drug-likeness (QED) is 0.182. The van der Waals surface area contributed by atoms with Crippen molar-refractivity contribution in [2.45, 2.75) is 37.3 Å². The molecule has 0 spiro atoms. The van der Waals surface area contributed by atoms with E-state index in [1.165, 1.54) is 18.0 Å². The summed E-state index contributed by atoms with van der Waals surface area (Å²) in [6.07, 6.45) is 1.52. The number of aromatic amines is 1. The first-order valence-corrected chi connectivity index (χ1v) is 14.2. The van der Waals surface area contributed by atoms with Gasteiger partial charge in [0.25, 0.3) is 5.56 Å². The Hall–Kier alpha value is -4.70. The lowest BCUT2D eigenvalue weighted by molar-refractivity contribution is -0.293. The number of nitrogens with one attached hydrogen (secondary N) is 1. The van der Waals surface area contributed by atoms with Crippen molar-refractivity contribution in [3.8, 4) is 23.8 Å². The summed E-state index contributed by atoms with van der Waals surface area (Å²) in [6, 6.07) is 24.5. The van der Waals surface area contributed by atoms with Gasteiger partial charge in [-0.15, -0.1) is 6.42 Å². The van der Waals surface area contributed by atoms with Crippen LogP contribution < -0.4 is 20.7 Å². The van der Waals surface area contributed by atoms with Crippen LogP contribution in [0.25, 0.3) is 0 Å². The molecule has 1 aliphatic rings. The minimum absolute atomic E-state index is 0.156. The molecule has 2 heterocycles. The number of methoxy groups -OCH3 is 2. The van der Waals surface area contributed by atoms with E-state index >= 15 is 0 Å². The van der Waals surface area contributed by atoms with Gasteiger partial charge in [-0.05, 0) is 47.9 Å². The third-order valence-electron chi connectivity index (χ3n) is 7.91. The van der Waals surface area contributed by atoms with Gasteiger partial charge < -0.3 is 29.2 Å². The van der Waals surface area contributed by atoms with E-state index in [0.717, 1.165) is 21.3 Å². The minimum Gasteiger partial charge on any atom is -0.497 e. The van der Waals surface area contributed by atoms with Crippen LogP contribution in [-0.2, 0) is 15.1 Å². The van der Waals surface area contributed by atoms with Crippen LogP contribution in [0.15, 0.2) is 94.6 Å². The van der Waals surface area contributed by atoms with Gasteiger partial charge >= 0.3 is 5.69 Å². The van der Waals surface area contributed by atoms with E-state index in [1.54, 1.807) is 14.2 Å². The van der Waals surface area contributed by atoms with Gasteiger partial charge in [-0.3, -0.25) is 14.3 Å². The van der Waals surface area contributed by atoms with Crippen LogP contribution in [0.5, 0.6) is 11.5 Å². The standard InChI is InChI=1S/C34H35N3O8/c1-5-19-36-30(39)28(45-32(31(36)40)37-20-22(2)29(38)35-33(37)41)21-44-34(23-9-7-6-8-10-23,24-11-15-26(42-3)16-12-24)25-13-17-27(43-4)18-14-25/h1,6-18,20,28,30-32,39-40H,19,21H2,2-4H3,(H,35,38,41)/t28-,30?,31?,32-/m1/s1. The van der Waals surface area contributed by atoms with Crippen molar-refractivity contribution in [1.82, 2.24) is 14.5 Å². The molecule has 0 aliphatic carbocycles. The maximum atomic E-state index is 12.8. The summed E-state index contributed by atoms with van der Waals surface area (Å²) in [5.41, 5.74) is -0.0410. The van der Waals surface area contributed by atoms with Gasteiger partial charge in [0, 0.05) is 11.8 Å². The average Bonchev–Trinajstić information content (AvgIpc) is 3.07. The lowest BCUT2D eigenvalue weighted by Gasteiger charge is -2.46. The molecular formula is C34H35N3O8. The number of aromatic nitrogens is 2. The summed E-state index contributed by atoms with van der Waals surface area (Å²) in [5, 5.41) is 22.6. The number of H-pyrrole nitrogens is 1. The van der Waals surface area contributed by atoms with Crippen molar-refractivity contribution in [3.05, 3.63) is 128 Å². The van der Waals surface area contributed by atoms with Crippen molar-refractivity contribution in [2.75, 3.05) is 27.4 Å². The number of aliphatic hydroxyl groups excluding tert-OH is 2. The second-order valence-electron chi connectivity index (χ2n) is 10.6. The fraction of sp³-hybridized carbons (Fsp3) is 0.294. The molecule has 11 nitrogen and oxygen atoms in total. The van der Waals surface area contributed by atoms with Gasteiger partial charge in [0.2, 0.25) is 0 Å². The predicted octanol–water partition coefficient (Wildman–Crippen LogP) is 2.34. The Balaban J connectivity index is 1.61. The number of nitrogens with zero attached hydrogens (tertiary/aromatic N) is 2. The Kier molecular flexibility index (Phi) is 9.53. The van der Waals surface area contributed by atoms with E-state index in [9.17, 15) is 19.8 Å². The number of morpholine rings is 1. The van der Waals surface area contributed by atoms with E-state index in [-0.39, 0.29) is 18.7 Å². The van der Waals surface area contributed by atoms with Crippen molar-refractivity contribution in [1.29, 1.82) is 0 Å². The zero-order chi connectivity index (χ0) is 32.1. The molecule has 11 heteroatoms. The third kappa shape index (κ3) is 6.15. The summed E-state index contributed by atoms with van der Waals surface area (Å²) < 4.78 is 25.0. The first kappa shape index (κ1) is 31.7. The Labute approximate surface area is 260 Å². The van der Waals surface area contributed by atoms with Gasteiger partial charge in [0.05, 0.1) is 27.4 Å². The molecule has 0 radical (unpaired) electrons. The number of rotatable bonds is 10. The molecule has 1 aliphatic heterocycles. The van der Waals surface area contributed by atoms with Crippen molar-refractivity contribution in [2.24, 2.45) is 0 Å². The number of benzene rings is 3. The molecule has 4 aromatic rings. The summed E-state index contributed by atoms with van der Waals surface area (Å²) in [6.45, 7) is 1.16. The molecule has 5 rings (SSSR count). The third-order valence-corrected chi connectivity index (χ3v) is 7.91. The van der Waals surface area contributed by atoms with Crippen molar-refractivity contribution in [3.63, 3.8) is 0 Å². The fourth-order valence-electron chi connectivity index (χ4n) is 5.54. The number of hydrogen-bond donors (Lipinski definition) is 3. The highest BCUT2D eigenvalue weighted by Crippen LogP contribution is 2.42. The maximum absolute atomic E-state index is 12.8. The van der Waals surface area contributed by atoms with Crippen molar-refractivity contribution < 1.29 is 29.2 Å². The van der Waals surface area contributed by atoms with Crippen molar-refractivity contribution >= 4 is 0 Å². The Morgan fingerprint density at radius 1 is 0.889 bits per heavy atom. The number of aryl methyl sites for hydroxylation is 1. The first-order chi connectivity index (χ1) is 21.7. The molecule has 0 amide bonds. The van der Waals surface area contributed by atoms with E-state index in [2.05, 4.69) is 10.9 Å². The van der Waals surface area contributed by atoms with Gasteiger partial charge in [0.15, 0.2) is 12.5 Å². The molecule has 1 aromatic heterocycles. The molecule has 3 aromatic carbocycles. The lowest BCUT2D eigenvalue weighted by atomic mass is 9.80. The van der Waals surface area contributed by atoms with Gasteiger partial charge in [-0.2, -0.15) is 0 Å². The SMILES string of the molecule is C#CCN1C(O)[C@H](n2cc(C)c(=O)[nH]c2=O)O[C@H](COC(c2ccccc2)(c2ccc(OC)cc2)c2ccc(OC)cc2)C1O. The lowest BCUT2D eigenvalue weighted by Crippen LogP contribution is -2.61. The second-order valence-corrected chi connectivity index (χ2v) is 10.6. The van der Waals surface area contributed by atoms with Crippen LogP contribution in [0.4, 0.5) is 0 Å². The molecule has 234 valence electrons. The largest absolute Gasteiger partial charge is 0.497 e. The van der Waals surface area contributed by atoms with E-state index < -0.39 is 41.6 Å². The first-order valence-electron chi connectivity index (χ1n) is 14.2. The molecule has 0 saturated carbocycles. The molecular weight excluding hydrogens is 578 g/mol. The highest BCUT2D eigenvalue weighted by atomic mass is 16.6. The summed E-state index contributed by atoms with van der Waals surface area (Å²) >= 11 is 0. The maximum Gasteiger partial charge on any atom is 0.330 e. The number of ether oxygens (including phenoxy) is 4. The molecule has 3 N–H and O–H groups in total. The highest BCUT2D eigenvalue weighted by molar-refractivity contribution is 5.49. The fourth-order valence-corrected chi connectivity index (χ4v) is 5.54. The van der Waals surface area contributed by atoms with Crippen LogP contribution in [0, 0.1) is 19.3 Å². The summed E-state index contributed by atoms with van der Waals surface area (Å²) in [5.74, 6) is 3.75. The molecule has 0 bridgehead atoms. The molecule has 4 atom stereocenters. The zero-order valence-electron chi connectivity index (χ0n) is 25.1. The van der Waals surface area contributed by atoms with Crippen LogP contribution in [-0.4, -0.2) is 70.6 Å². The summed E-state index contributed by atoms with van der Waals surface area (Å²) in [7, 11) is 3.17. The van der Waals surface area contributed by atoms with Crippen LogP contribution in [0.3, 0.4) is 0 Å². The molecule has 1 saturated heterocycles. The number of hydrogen-bond acceptors (Lipinski definition) is 9.